The molecule has 108 valence electrons. The molecule has 21 heavy (non-hydrogen) atoms. The normalized spacial score (nSPS) is 11.0. The molecule has 0 aliphatic carbocycles. The van der Waals surface area contributed by atoms with Gasteiger partial charge in [0.2, 0.25) is 0 Å². The van der Waals surface area contributed by atoms with Crippen LogP contribution >= 0.6 is 0 Å². The molecule has 2 aromatic heterocycles. The van der Waals surface area contributed by atoms with Crippen molar-refractivity contribution in [2.75, 3.05) is 6.61 Å². The van der Waals surface area contributed by atoms with Gasteiger partial charge in [0.15, 0.2) is 11.4 Å². The molecule has 0 amide bonds. The number of fused-ring (bicyclic) bond motifs is 1. The standard InChI is InChI=1S/C18H20N2O/c1-5-21-16-7-6-8-20-11-15(19-18(16)20)17-13(3)9-12(2)10-14(17)4/h6-11H,5H2,1-4H3. The molecule has 3 rings (SSSR count). The van der Waals surface area contributed by atoms with Gasteiger partial charge in [0.1, 0.15) is 0 Å². The van der Waals surface area contributed by atoms with Crippen molar-refractivity contribution in [1.82, 2.24) is 9.38 Å². The van der Waals surface area contributed by atoms with Gasteiger partial charge in [0.05, 0.1) is 12.3 Å². The molecule has 0 N–H and O–H groups in total. The third-order valence-corrected chi connectivity index (χ3v) is 3.68. The number of hydrogen-bond donors (Lipinski definition) is 0. The second-order valence-electron chi connectivity index (χ2n) is 5.44. The maximum absolute atomic E-state index is 5.66. The average molecular weight is 280 g/mol. The van der Waals surface area contributed by atoms with E-state index in [1.807, 2.05) is 29.7 Å². The molecule has 0 radical (unpaired) electrons. The summed E-state index contributed by atoms with van der Waals surface area (Å²) in [5.74, 6) is 0.827. The van der Waals surface area contributed by atoms with E-state index in [9.17, 15) is 0 Å². The lowest BCUT2D eigenvalue weighted by Crippen LogP contribution is -1.94. The van der Waals surface area contributed by atoms with E-state index < -0.39 is 0 Å². The lowest BCUT2D eigenvalue weighted by molar-refractivity contribution is 0.342. The summed E-state index contributed by atoms with van der Waals surface area (Å²) < 4.78 is 7.69. The number of benzene rings is 1. The number of aromatic nitrogens is 2. The van der Waals surface area contributed by atoms with Crippen molar-refractivity contribution in [3.8, 4) is 17.0 Å². The van der Waals surface area contributed by atoms with Gasteiger partial charge >= 0.3 is 0 Å². The predicted octanol–water partition coefficient (Wildman–Crippen LogP) is 4.33. The summed E-state index contributed by atoms with van der Waals surface area (Å²) in [6.07, 6.45) is 4.08. The molecule has 0 fully saturated rings. The summed E-state index contributed by atoms with van der Waals surface area (Å²) in [4.78, 5) is 4.79. The highest BCUT2D eigenvalue weighted by molar-refractivity contribution is 5.71. The number of aryl methyl sites for hydroxylation is 3. The number of hydrogen-bond acceptors (Lipinski definition) is 2. The van der Waals surface area contributed by atoms with E-state index in [0.29, 0.717) is 6.61 Å². The van der Waals surface area contributed by atoms with Crippen LogP contribution in [0.1, 0.15) is 23.6 Å². The fourth-order valence-electron chi connectivity index (χ4n) is 2.96. The van der Waals surface area contributed by atoms with Crippen molar-refractivity contribution in [3.05, 3.63) is 53.3 Å². The van der Waals surface area contributed by atoms with Crippen LogP contribution < -0.4 is 4.74 Å². The SMILES string of the molecule is CCOc1cccn2cc(-c3c(C)cc(C)cc3C)nc12. The summed E-state index contributed by atoms with van der Waals surface area (Å²) in [5, 5.41) is 0. The predicted molar refractivity (Wildman–Crippen MR) is 86.0 cm³/mol. The van der Waals surface area contributed by atoms with Crippen molar-refractivity contribution >= 4 is 5.65 Å². The first-order valence-electron chi connectivity index (χ1n) is 7.29. The van der Waals surface area contributed by atoms with Crippen LogP contribution in [0.3, 0.4) is 0 Å². The topological polar surface area (TPSA) is 26.5 Å². The number of rotatable bonds is 3. The summed E-state index contributed by atoms with van der Waals surface area (Å²) in [7, 11) is 0. The van der Waals surface area contributed by atoms with Crippen LogP contribution in [0.5, 0.6) is 5.75 Å². The first-order chi connectivity index (χ1) is 10.1. The number of imidazole rings is 1. The van der Waals surface area contributed by atoms with Crippen molar-refractivity contribution in [2.24, 2.45) is 0 Å². The van der Waals surface area contributed by atoms with E-state index in [1.165, 1.54) is 22.3 Å². The van der Waals surface area contributed by atoms with Gasteiger partial charge in [-0.25, -0.2) is 4.98 Å². The van der Waals surface area contributed by atoms with Crippen molar-refractivity contribution < 1.29 is 4.74 Å². The van der Waals surface area contributed by atoms with Gasteiger partial charge in [-0.15, -0.1) is 0 Å². The average Bonchev–Trinajstić information content (AvgIpc) is 2.82. The second-order valence-corrected chi connectivity index (χ2v) is 5.44. The summed E-state index contributed by atoms with van der Waals surface area (Å²) in [6.45, 7) is 9.04. The Balaban J connectivity index is 2.20. The second kappa shape index (κ2) is 5.24. The zero-order valence-electron chi connectivity index (χ0n) is 13.0. The molecule has 3 aromatic rings. The number of pyridine rings is 1. The molecule has 0 unspecified atom stereocenters. The minimum atomic E-state index is 0.643. The zero-order chi connectivity index (χ0) is 15.0. The van der Waals surface area contributed by atoms with Gasteiger partial charge in [-0.1, -0.05) is 17.7 Å². The minimum absolute atomic E-state index is 0.643. The fraction of sp³-hybridized carbons (Fsp3) is 0.278. The van der Waals surface area contributed by atoms with Gasteiger partial charge in [-0.05, 0) is 51.0 Å². The quantitative estimate of drug-likeness (QED) is 0.714. The summed E-state index contributed by atoms with van der Waals surface area (Å²) >= 11 is 0. The Morgan fingerprint density at radius 1 is 1.14 bits per heavy atom. The molecule has 1 aromatic carbocycles. The highest BCUT2D eigenvalue weighted by Gasteiger charge is 2.12. The lowest BCUT2D eigenvalue weighted by atomic mass is 9.98. The third-order valence-electron chi connectivity index (χ3n) is 3.68. The van der Waals surface area contributed by atoms with Crippen molar-refractivity contribution in [1.29, 1.82) is 0 Å². The zero-order valence-corrected chi connectivity index (χ0v) is 13.0. The molecule has 0 saturated carbocycles. The molecule has 2 heterocycles. The number of nitrogens with zero attached hydrogens (tertiary/aromatic N) is 2. The molecule has 0 aliphatic heterocycles. The molecule has 0 saturated heterocycles. The fourth-order valence-corrected chi connectivity index (χ4v) is 2.96. The Bertz CT molecular complexity index is 779. The highest BCUT2D eigenvalue weighted by atomic mass is 16.5. The van der Waals surface area contributed by atoms with Crippen LogP contribution in [0.25, 0.3) is 16.9 Å². The van der Waals surface area contributed by atoms with E-state index in [0.717, 1.165) is 17.1 Å². The Kier molecular flexibility index (Phi) is 3.42. The molecule has 3 nitrogen and oxygen atoms in total. The van der Waals surface area contributed by atoms with Crippen LogP contribution in [0, 0.1) is 20.8 Å². The van der Waals surface area contributed by atoms with Gasteiger partial charge in [-0.2, -0.15) is 0 Å². The van der Waals surface area contributed by atoms with E-state index in [4.69, 9.17) is 9.72 Å². The summed E-state index contributed by atoms with van der Waals surface area (Å²) in [6, 6.07) is 8.36. The van der Waals surface area contributed by atoms with E-state index in [2.05, 4.69) is 39.1 Å². The monoisotopic (exact) mass is 280 g/mol. The highest BCUT2D eigenvalue weighted by Crippen LogP contribution is 2.30. The molecule has 0 spiro atoms. The van der Waals surface area contributed by atoms with Crippen molar-refractivity contribution in [3.63, 3.8) is 0 Å². The first-order valence-corrected chi connectivity index (χ1v) is 7.29. The molecule has 0 aliphatic rings. The van der Waals surface area contributed by atoms with Crippen LogP contribution in [0.15, 0.2) is 36.7 Å². The smallest absolute Gasteiger partial charge is 0.180 e. The molecule has 0 bridgehead atoms. The Labute approximate surface area is 125 Å². The molecule has 3 heteroatoms. The van der Waals surface area contributed by atoms with Gasteiger partial charge in [-0.3, -0.25) is 0 Å². The molecular weight excluding hydrogens is 260 g/mol. The Hall–Kier alpha value is -2.29. The summed E-state index contributed by atoms with van der Waals surface area (Å²) in [5.41, 5.74) is 6.88. The Morgan fingerprint density at radius 3 is 2.52 bits per heavy atom. The van der Waals surface area contributed by atoms with E-state index >= 15 is 0 Å². The van der Waals surface area contributed by atoms with Gasteiger partial charge < -0.3 is 9.14 Å². The van der Waals surface area contributed by atoms with Crippen LogP contribution in [-0.2, 0) is 0 Å². The molecular formula is C18H20N2O. The van der Waals surface area contributed by atoms with E-state index in [1.54, 1.807) is 0 Å². The van der Waals surface area contributed by atoms with Crippen molar-refractivity contribution in [2.45, 2.75) is 27.7 Å². The molecule has 0 atom stereocenters. The lowest BCUT2D eigenvalue weighted by Gasteiger charge is -2.08. The third kappa shape index (κ3) is 2.40. The van der Waals surface area contributed by atoms with Crippen LogP contribution in [-0.4, -0.2) is 16.0 Å². The maximum atomic E-state index is 5.66. The van der Waals surface area contributed by atoms with Gasteiger partial charge in [0, 0.05) is 18.0 Å². The largest absolute Gasteiger partial charge is 0.490 e. The Morgan fingerprint density at radius 2 is 1.86 bits per heavy atom. The number of ether oxygens (including phenoxy) is 1. The first kappa shape index (κ1) is 13.7. The van der Waals surface area contributed by atoms with Crippen LogP contribution in [0.2, 0.25) is 0 Å². The van der Waals surface area contributed by atoms with Crippen LogP contribution in [0.4, 0.5) is 0 Å². The van der Waals surface area contributed by atoms with Gasteiger partial charge in [0.25, 0.3) is 0 Å². The van der Waals surface area contributed by atoms with E-state index in [-0.39, 0.29) is 0 Å². The minimum Gasteiger partial charge on any atom is -0.490 e. The maximum Gasteiger partial charge on any atom is 0.180 e.